The predicted octanol–water partition coefficient (Wildman–Crippen LogP) is 3.52. The lowest BCUT2D eigenvalue weighted by Crippen LogP contribution is -2.37. The van der Waals surface area contributed by atoms with Crippen molar-refractivity contribution in [1.29, 1.82) is 0 Å². The minimum Gasteiger partial charge on any atom is -0.343 e. The average molecular weight is 351 g/mol. The average Bonchev–Trinajstić information content (AvgIpc) is 2.83. The highest BCUT2D eigenvalue weighted by Gasteiger charge is 2.17. The number of benzene rings is 1. The first-order valence-corrected chi connectivity index (χ1v) is 9.22. The van der Waals surface area contributed by atoms with E-state index in [1.54, 1.807) is 11.8 Å². The molecule has 132 valence electrons. The zero-order valence-corrected chi connectivity index (χ0v) is 15.2. The third-order valence-electron chi connectivity index (χ3n) is 4.56. The molecule has 0 atom stereocenters. The molecule has 0 radical (unpaired) electrons. The molecule has 1 aromatic rings. The van der Waals surface area contributed by atoms with E-state index in [-0.39, 0.29) is 11.8 Å². The summed E-state index contributed by atoms with van der Waals surface area (Å²) in [7, 11) is 0. The number of carbonyl (C=O) groups is 2. The highest BCUT2D eigenvalue weighted by molar-refractivity contribution is 6.30. The van der Waals surface area contributed by atoms with E-state index in [1.165, 1.54) is 12.8 Å². The molecule has 0 aliphatic carbocycles. The molecule has 1 fully saturated rings. The Morgan fingerprint density at radius 2 is 1.83 bits per heavy atom. The van der Waals surface area contributed by atoms with E-state index in [0.717, 1.165) is 37.9 Å². The molecule has 0 saturated carbocycles. The molecule has 0 aromatic heterocycles. The summed E-state index contributed by atoms with van der Waals surface area (Å²) in [5.74, 6) is 0.187. The SMILES string of the molecule is CC(=O)N(CCC(=O)N1CCCCCC1)CCc1cccc(Cl)c1. The van der Waals surface area contributed by atoms with Crippen LogP contribution in [0.4, 0.5) is 0 Å². The van der Waals surface area contributed by atoms with Crippen LogP contribution in [0, 0.1) is 0 Å². The number of hydrogen-bond donors (Lipinski definition) is 0. The lowest BCUT2D eigenvalue weighted by molar-refractivity contribution is -0.133. The van der Waals surface area contributed by atoms with Gasteiger partial charge in [-0.25, -0.2) is 0 Å². The fraction of sp³-hybridized carbons (Fsp3) is 0.579. The van der Waals surface area contributed by atoms with Crippen molar-refractivity contribution in [1.82, 2.24) is 9.80 Å². The quantitative estimate of drug-likeness (QED) is 0.787. The lowest BCUT2D eigenvalue weighted by Gasteiger charge is -2.24. The standard InChI is InChI=1S/C19H27ClN2O2/c1-16(23)21(13-9-17-7-6-8-18(20)15-17)14-10-19(24)22-11-4-2-3-5-12-22/h6-8,15H,2-5,9-14H2,1H3. The third-order valence-corrected chi connectivity index (χ3v) is 4.79. The van der Waals surface area contributed by atoms with Crippen LogP contribution in [0.2, 0.25) is 5.02 Å². The van der Waals surface area contributed by atoms with Gasteiger partial charge in [-0.2, -0.15) is 0 Å². The molecule has 1 heterocycles. The van der Waals surface area contributed by atoms with Crippen molar-refractivity contribution in [2.75, 3.05) is 26.2 Å². The first-order chi connectivity index (χ1) is 11.6. The summed E-state index contributed by atoms with van der Waals surface area (Å²) in [6.07, 6.45) is 5.77. The molecule has 1 aliphatic rings. The van der Waals surface area contributed by atoms with Crippen LogP contribution in [0.1, 0.15) is 44.6 Å². The second-order valence-corrected chi connectivity index (χ2v) is 6.87. The normalized spacial score (nSPS) is 15.0. The Hall–Kier alpha value is -1.55. The Kier molecular flexibility index (Phi) is 7.57. The second-order valence-electron chi connectivity index (χ2n) is 6.43. The molecule has 0 spiro atoms. The van der Waals surface area contributed by atoms with E-state index in [4.69, 9.17) is 11.6 Å². The van der Waals surface area contributed by atoms with Gasteiger partial charge in [0.25, 0.3) is 0 Å². The van der Waals surface area contributed by atoms with Crippen molar-refractivity contribution in [2.24, 2.45) is 0 Å². The summed E-state index contributed by atoms with van der Waals surface area (Å²) in [6.45, 7) is 4.39. The van der Waals surface area contributed by atoms with E-state index in [1.807, 2.05) is 29.2 Å². The molecule has 1 saturated heterocycles. The lowest BCUT2D eigenvalue weighted by atomic mass is 10.1. The van der Waals surface area contributed by atoms with Crippen LogP contribution in [0.15, 0.2) is 24.3 Å². The largest absolute Gasteiger partial charge is 0.343 e. The first-order valence-electron chi connectivity index (χ1n) is 8.84. The van der Waals surface area contributed by atoms with Crippen LogP contribution in [-0.2, 0) is 16.0 Å². The summed E-state index contributed by atoms with van der Waals surface area (Å²) < 4.78 is 0. The number of likely N-dealkylation sites (tertiary alicyclic amines) is 1. The highest BCUT2D eigenvalue weighted by atomic mass is 35.5. The van der Waals surface area contributed by atoms with E-state index in [0.29, 0.717) is 24.5 Å². The maximum atomic E-state index is 12.4. The second kappa shape index (κ2) is 9.67. The Morgan fingerprint density at radius 1 is 1.12 bits per heavy atom. The summed E-state index contributed by atoms with van der Waals surface area (Å²) in [5.41, 5.74) is 1.10. The summed E-state index contributed by atoms with van der Waals surface area (Å²) in [5, 5.41) is 0.707. The zero-order valence-electron chi connectivity index (χ0n) is 14.5. The van der Waals surface area contributed by atoms with Crippen LogP contribution < -0.4 is 0 Å². The summed E-state index contributed by atoms with van der Waals surface area (Å²) >= 11 is 5.99. The highest BCUT2D eigenvalue weighted by Crippen LogP contribution is 2.13. The first kappa shape index (κ1) is 18.8. The van der Waals surface area contributed by atoms with Gasteiger partial charge in [0.15, 0.2) is 0 Å². The monoisotopic (exact) mass is 350 g/mol. The molecule has 4 nitrogen and oxygen atoms in total. The van der Waals surface area contributed by atoms with Crippen molar-refractivity contribution in [3.05, 3.63) is 34.9 Å². The Bertz CT molecular complexity index is 554. The van der Waals surface area contributed by atoms with Crippen molar-refractivity contribution in [2.45, 2.75) is 45.4 Å². The molecular formula is C19H27ClN2O2. The third kappa shape index (κ3) is 6.16. The van der Waals surface area contributed by atoms with E-state index in [2.05, 4.69) is 0 Å². The number of nitrogens with zero attached hydrogens (tertiary/aromatic N) is 2. The number of carbonyl (C=O) groups excluding carboxylic acids is 2. The molecular weight excluding hydrogens is 324 g/mol. The van der Waals surface area contributed by atoms with Crippen LogP contribution in [0.3, 0.4) is 0 Å². The van der Waals surface area contributed by atoms with E-state index < -0.39 is 0 Å². The van der Waals surface area contributed by atoms with Gasteiger partial charge >= 0.3 is 0 Å². The number of rotatable bonds is 6. The van der Waals surface area contributed by atoms with Gasteiger partial charge in [-0.1, -0.05) is 36.6 Å². The minimum absolute atomic E-state index is 0.0145. The number of amides is 2. The van der Waals surface area contributed by atoms with Crippen molar-refractivity contribution in [3.8, 4) is 0 Å². The molecule has 2 amide bonds. The molecule has 24 heavy (non-hydrogen) atoms. The number of hydrogen-bond acceptors (Lipinski definition) is 2. The van der Waals surface area contributed by atoms with Gasteiger partial charge in [0.2, 0.25) is 11.8 Å². The van der Waals surface area contributed by atoms with Crippen molar-refractivity contribution in [3.63, 3.8) is 0 Å². The fourth-order valence-electron chi connectivity index (χ4n) is 3.09. The Morgan fingerprint density at radius 3 is 2.46 bits per heavy atom. The zero-order chi connectivity index (χ0) is 17.4. The summed E-state index contributed by atoms with van der Waals surface area (Å²) in [4.78, 5) is 27.9. The van der Waals surface area contributed by atoms with Crippen LogP contribution >= 0.6 is 11.6 Å². The topological polar surface area (TPSA) is 40.6 Å². The maximum absolute atomic E-state index is 12.4. The molecule has 0 bridgehead atoms. The molecule has 0 unspecified atom stereocenters. The fourth-order valence-corrected chi connectivity index (χ4v) is 3.30. The molecule has 2 rings (SSSR count). The van der Waals surface area contributed by atoms with E-state index in [9.17, 15) is 9.59 Å². The van der Waals surface area contributed by atoms with Gasteiger partial charge in [-0.3, -0.25) is 9.59 Å². The molecule has 1 aromatic carbocycles. The van der Waals surface area contributed by atoms with Gasteiger partial charge in [0.1, 0.15) is 0 Å². The minimum atomic E-state index is 0.0145. The smallest absolute Gasteiger partial charge is 0.224 e. The Balaban J connectivity index is 1.82. The van der Waals surface area contributed by atoms with Crippen LogP contribution in [0.5, 0.6) is 0 Å². The van der Waals surface area contributed by atoms with Gasteiger partial charge < -0.3 is 9.80 Å². The van der Waals surface area contributed by atoms with Gasteiger partial charge in [0, 0.05) is 44.5 Å². The number of halogens is 1. The van der Waals surface area contributed by atoms with Gasteiger partial charge in [0.05, 0.1) is 0 Å². The maximum Gasteiger partial charge on any atom is 0.224 e. The molecule has 0 N–H and O–H groups in total. The van der Waals surface area contributed by atoms with Crippen LogP contribution in [0.25, 0.3) is 0 Å². The van der Waals surface area contributed by atoms with Gasteiger partial charge in [-0.15, -0.1) is 0 Å². The molecule has 5 heteroatoms. The summed E-state index contributed by atoms with van der Waals surface area (Å²) in [6, 6.07) is 7.68. The van der Waals surface area contributed by atoms with Crippen molar-refractivity contribution >= 4 is 23.4 Å². The van der Waals surface area contributed by atoms with Crippen molar-refractivity contribution < 1.29 is 9.59 Å². The van der Waals surface area contributed by atoms with E-state index >= 15 is 0 Å². The Labute approximate surface area is 149 Å². The van der Waals surface area contributed by atoms with Gasteiger partial charge in [-0.05, 0) is 37.0 Å². The molecule has 1 aliphatic heterocycles. The predicted molar refractivity (Wildman–Crippen MR) is 97.1 cm³/mol. The van der Waals surface area contributed by atoms with Crippen LogP contribution in [-0.4, -0.2) is 47.8 Å².